The van der Waals surface area contributed by atoms with Crippen molar-refractivity contribution in [2.24, 2.45) is 0 Å². The molecule has 1 N–H and O–H groups in total. The normalized spacial score (nSPS) is 13.1. The second-order valence-corrected chi connectivity index (χ2v) is 8.73. The first-order valence-corrected chi connectivity index (χ1v) is 11.6. The number of amides is 1. The molecule has 1 aliphatic carbocycles. The van der Waals surface area contributed by atoms with Crippen LogP contribution in [0.4, 0.5) is 9.80 Å². The van der Waals surface area contributed by atoms with Gasteiger partial charge in [-0.1, -0.05) is 67.4 Å². The van der Waals surface area contributed by atoms with Gasteiger partial charge in [0.2, 0.25) is 0 Å². The molecule has 33 heavy (non-hydrogen) atoms. The van der Waals surface area contributed by atoms with Crippen LogP contribution in [-0.2, 0) is 4.74 Å². The minimum absolute atomic E-state index is 0. The van der Waals surface area contributed by atoms with Gasteiger partial charge in [0.15, 0.2) is 0 Å². The number of hydrogen-bond acceptors (Lipinski definition) is 4. The van der Waals surface area contributed by atoms with Crippen LogP contribution in [0.15, 0.2) is 84.4 Å². The maximum Gasteiger partial charge on any atom is 1.00 e. The molecule has 0 unspecified atom stereocenters. The Labute approximate surface area is 220 Å². The molecule has 4 aromatic rings. The summed E-state index contributed by atoms with van der Waals surface area (Å²) in [6.45, 7) is 1.86. The number of benzene rings is 3. The molecule has 0 spiro atoms. The van der Waals surface area contributed by atoms with Crippen molar-refractivity contribution < 1.29 is 39.1 Å². The molecule has 1 aromatic heterocycles. The Morgan fingerprint density at radius 1 is 0.939 bits per heavy atom. The van der Waals surface area contributed by atoms with E-state index in [2.05, 4.69) is 46.7 Å². The van der Waals surface area contributed by atoms with Crippen LogP contribution in [0.1, 0.15) is 37.0 Å². The second kappa shape index (κ2) is 10.6. The van der Waals surface area contributed by atoms with Gasteiger partial charge in [-0.2, -0.15) is 23.6 Å². The van der Waals surface area contributed by atoms with Gasteiger partial charge in [-0.3, -0.25) is 5.32 Å². The van der Waals surface area contributed by atoms with E-state index in [9.17, 15) is 4.79 Å². The predicted octanol–water partition coefficient (Wildman–Crippen LogP) is 4.51. The smallest absolute Gasteiger partial charge is 0.441 e. The molecule has 1 saturated carbocycles. The number of ether oxygens (including phenoxy) is 1. The molecule has 0 aliphatic heterocycles. The quantitative estimate of drug-likeness (QED) is 0.339. The molecule has 1 fully saturated rings. The second-order valence-electron chi connectivity index (χ2n) is 7.87. The average molecular weight is 463 g/mol. The zero-order valence-electron chi connectivity index (χ0n) is 18.7. The molecule has 0 bridgehead atoms. The van der Waals surface area contributed by atoms with Gasteiger partial charge >= 0.3 is 35.7 Å². The van der Waals surface area contributed by atoms with Gasteiger partial charge in [-0.15, -0.1) is 23.5 Å². The van der Waals surface area contributed by atoms with Crippen LogP contribution in [0, 0.1) is 5.92 Å². The Morgan fingerprint density at radius 2 is 1.55 bits per heavy atom. The van der Waals surface area contributed by atoms with Crippen molar-refractivity contribution in [2.45, 2.75) is 25.9 Å². The number of hydrogen-bond donors (Lipinski definition) is 1. The van der Waals surface area contributed by atoms with Gasteiger partial charge in [-0.25, -0.2) is 9.78 Å². The molecule has 1 heterocycles. The molecule has 160 valence electrons. The fraction of sp³-hybridized carbons (Fsp3) is 0.148. The van der Waals surface area contributed by atoms with E-state index in [1.807, 2.05) is 49.4 Å². The van der Waals surface area contributed by atoms with Crippen LogP contribution in [0.5, 0.6) is 0 Å². The van der Waals surface area contributed by atoms with E-state index in [1.54, 1.807) is 11.4 Å². The molecular weight excluding hydrogens is 439 g/mol. The summed E-state index contributed by atoms with van der Waals surface area (Å²) in [7, 11) is 0. The first-order chi connectivity index (χ1) is 15.7. The van der Waals surface area contributed by atoms with Crippen molar-refractivity contribution in [3.05, 3.63) is 101 Å². The summed E-state index contributed by atoms with van der Waals surface area (Å²) in [5, 5.41) is 3.53. The van der Waals surface area contributed by atoms with Crippen molar-refractivity contribution >= 4 is 22.4 Å². The van der Waals surface area contributed by atoms with E-state index in [1.165, 1.54) is 35.3 Å². The fourth-order valence-electron chi connectivity index (χ4n) is 3.69. The van der Waals surface area contributed by atoms with Crippen LogP contribution in [0.2, 0.25) is 0 Å². The monoisotopic (exact) mass is 462 g/mol. The third-order valence-electron chi connectivity index (χ3n) is 5.62. The SMILES string of the molecule is C[C@@H](OC(=O)Nc1scnc1-c1ccc(-c2ccc([C-]3CC3)cc2)cc1)c1ccccc1.[Na+]. The van der Waals surface area contributed by atoms with E-state index < -0.39 is 6.09 Å². The van der Waals surface area contributed by atoms with Gasteiger partial charge in [-0.05, 0) is 23.6 Å². The van der Waals surface area contributed by atoms with Crippen molar-refractivity contribution in [3.63, 3.8) is 0 Å². The Balaban J connectivity index is 0.00000259. The number of rotatable bonds is 6. The summed E-state index contributed by atoms with van der Waals surface area (Å²) in [5.41, 5.74) is 8.08. The summed E-state index contributed by atoms with van der Waals surface area (Å²) in [4.78, 5) is 16.9. The number of anilines is 1. The maximum absolute atomic E-state index is 12.4. The summed E-state index contributed by atoms with van der Waals surface area (Å²) in [6.07, 6.45) is 1.64. The van der Waals surface area contributed by atoms with Gasteiger partial charge < -0.3 is 4.74 Å². The van der Waals surface area contributed by atoms with Crippen LogP contribution in [0.25, 0.3) is 22.4 Å². The number of nitrogens with zero attached hydrogens (tertiary/aromatic N) is 1. The first-order valence-electron chi connectivity index (χ1n) is 10.7. The predicted molar refractivity (Wildman–Crippen MR) is 130 cm³/mol. The van der Waals surface area contributed by atoms with E-state index >= 15 is 0 Å². The Bertz CT molecular complexity index is 1200. The average Bonchev–Trinajstić information content (AvgIpc) is 3.59. The number of aromatic nitrogens is 1. The molecule has 1 atom stereocenters. The molecular formula is C27H23N2NaO2S. The molecule has 1 aliphatic rings. The van der Waals surface area contributed by atoms with Gasteiger partial charge in [0.05, 0.1) is 5.51 Å². The summed E-state index contributed by atoms with van der Waals surface area (Å²) in [5.74, 6) is 1.55. The van der Waals surface area contributed by atoms with Crippen molar-refractivity contribution in [1.29, 1.82) is 0 Å². The fourth-order valence-corrected chi connectivity index (χ4v) is 4.37. The molecule has 5 rings (SSSR count). The minimum atomic E-state index is -0.489. The van der Waals surface area contributed by atoms with Gasteiger partial charge in [0.25, 0.3) is 0 Å². The van der Waals surface area contributed by atoms with E-state index in [4.69, 9.17) is 4.74 Å². The summed E-state index contributed by atoms with van der Waals surface area (Å²) < 4.78 is 5.54. The first kappa shape index (κ1) is 23.6. The van der Waals surface area contributed by atoms with E-state index in [-0.39, 0.29) is 35.7 Å². The number of thiazole rings is 1. The van der Waals surface area contributed by atoms with Crippen molar-refractivity contribution in [1.82, 2.24) is 4.98 Å². The van der Waals surface area contributed by atoms with Crippen LogP contribution >= 0.6 is 11.3 Å². The molecule has 6 heteroatoms. The van der Waals surface area contributed by atoms with E-state index in [0.717, 1.165) is 22.4 Å². The van der Waals surface area contributed by atoms with Crippen LogP contribution in [-0.4, -0.2) is 11.1 Å². The molecule has 1 amide bonds. The molecule has 4 nitrogen and oxygen atoms in total. The van der Waals surface area contributed by atoms with Crippen LogP contribution in [0.3, 0.4) is 0 Å². The van der Waals surface area contributed by atoms with Crippen molar-refractivity contribution in [3.8, 4) is 22.4 Å². The molecule has 3 aromatic carbocycles. The zero-order valence-corrected chi connectivity index (χ0v) is 21.6. The Morgan fingerprint density at radius 3 is 2.18 bits per heavy atom. The molecule has 0 radical (unpaired) electrons. The Kier molecular flexibility index (Phi) is 7.56. The zero-order chi connectivity index (χ0) is 21.9. The molecule has 0 saturated heterocycles. The van der Waals surface area contributed by atoms with Crippen molar-refractivity contribution in [2.75, 3.05) is 5.32 Å². The Hall–Kier alpha value is -2.57. The van der Waals surface area contributed by atoms with Gasteiger partial charge in [0.1, 0.15) is 16.8 Å². The third kappa shape index (κ3) is 5.68. The third-order valence-corrected chi connectivity index (χ3v) is 6.36. The minimum Gasteiger partial charge on any atom is -0.441 e. The standard InChI is InChI=1S/C27H23N2O2S.Na/c1-18(19-5-3-2-4-6-19)31-27(30)29-26-25(28-17-32-26)24-15-13-23(14-16-24)22-11-9-21(10-12-22)20-7-8-20;/h2-6,9-18H,7-8H2,1H3,(H,29,30);/q-1;+1/t18-;/m1./s1. The maximum atomic E-state index is 12.4. The number of nitrogens with one attached hydrogen (secondary N) is 1. The largest absolute Gasteiger partial charge is 1.00 e. The van der Waals surface area contributed by atoms with E-state index in [0.29, 0.717) is 5.00 Å². The summed E-state index contributed by atoms with van der Waals surface area (Å²) in [6, 6.07) is 26.7. The van der Waals surface area contributed by atoms with Gasteiger partial charge in [0, 0.05) is 5.56 Å². The topological polar surface area (TPSA) is 51.2 Å². The summed E-state index contributed by atoms with van der Waals surface area (Å²) >= 11 is 1.38. The van der Waals surface area contributed by atoms with Crippen LogP contribution < -0.4 is 34.9 Å². The number of carbonyl (C=O) groups excluding carboxylic acids is 1. The number of carbonyl (C=O) groups is 1.